The van der Waals surface area contributed by atoms with Crippen molar-refractivity contribution < 1.29 is 0 Å². The number of nitrogens with zero attached hydrogens (tertiary/aromatic N) is 1. The van der Waals surface area contributed by atoms with Crippen LogP contribution in [0.5, 0.6) is 0 Å². The number of aromatic nitrogens is 1. The average molecular weight is 302 g/mol. The van der Waals surface area contributed by atoms with Crippen LogP contribution in [0.3, 0.4) is 0 Å². The van der Waals surface area contributed by atoms with Gasteiger partial charge in [0, 0.05) is 17.3 Å². The highest BCUT2D eigenvalue weighted by molar-refractivity contribution is 7.18. The van der Waals surface area contributed by atoms with Gasteiger partial charge in [-0.2, -0.15) is 0 Å². The minimum Gasteiger partial charge on any atom is -0.327 e. The van der Waals surface area contributed by atoms with E-state index in [0.29, 0.717) is 0 Å². The Balaban J connectivity index is 1.51. The number of hydrogen-bond donors (Lipinski definition) is 1. The van der Waals surface area contributed by atoms with Crippen molar-refractivity contribution in [2.24, 2.45) is 5.73 Å². The van der Waals surface area contributed by atoms with Gasteiger partial charge >= 0.3 is 0 Å². The first-order chi connectivity index (χ1) is 9.81. The summed E-state index contributed by atoms with van der Waals surface area (Å²) in [6.45, 7) is 0. The van der Waals surface area contributed by atoms with Crippen LogP contribution in [-0.2, 0) is 12.8 Å². The van der Waals surface area contributed by atoms with Crippen LogP contribution in [0.15, 0.2) is 41.8 Å². The molecule has 104 valence electrons. The number of fused-ring (bicyclic) bond motifs is 1. The topological polar surface area (TPSA) is 38.9 Å². The van der Waals surface area contributed by atoms with E-state index < -0.39 is 0 Å². The van der Waals surface area contributed by atoms with Crippen LogP contribution in [0.25, 0.3) is 10.2 Å². The van der Waals surface area contributed by atoms with Crippen molar-refractivity contribution in [3.8, 4) is 0 Å². The zero-order valence-corrected chi connectivity index (χ0v) is 12.9. The zero-order valence-electron chi connectivity index (χ0n) is 11.3. The Morgan fingerprint density at radius 2 is 2.05 bits per heavy atom. The van der Waals surface area contributed by atoms with Crippen LogP contribution in [-0.4, -0.2) is 11.0 Å². The van der Waals surface area contributed by atoms with Crippen molar-refractivity contribution in [2.45, 2.75) is 31.7 Å². The quantitative estimate of drug-likeness (QED) is 0.739. The molecule has 2 heterocycles. The Morgan fingerprint density at radius 3 is 2.85 bits per heavy atom. The molecule has 3 rings (SSSR count). The fourth-order valence-electron chi connectivity index (χ4n) is 2.33. The van der Waals surface area contributed by atoms with Crippen LogP contribution in [0.4, 0.5) is 0 Å². The van der Waals surface area contributed by atoms with E-state index in [-0.39, 0.29) is 6.04 Å². The molecule has 20 heavy (non-hydrogen) atoms. The second-order valence-electron chi connectivity index (χ2n) is 5.01. The van der Waals surface area contributed by atoms with Crippen molar-refractivity contribution >= 4 is 32.9 Å². The summed E-state index contributed by atoms with van der Waals surface area (Å²) in [5, 5.41) is 3.30. The lowest BCUT2D eigenvalue weighted by Crippen LogP contribution is -2.22. The molecule has 2 nitrogen and oxygen atoms in total. The molecule has 1 unspecified atom stereocenters. The van der Waals surface area contributed by atoms with E-state index in [2.05, 4.69) is 40.7 Å². The second kappa shape index (κ2) is 6.48. The lowest BCUT2D eigenvalue weighted by Gasteiger charge is -2.08. The summed E-state index contributed by atoms with van der Waals surface area (Å²) in [4.78, 5) is 6.11. The van der Waals surface area contributed by atoms with Crippen LogP contribution >= 0.6 is 22.7 Å². The molecule has 1 aromatic carbocycles. The Kier molecular flexibility index (Phi) is 4.45. The molecule has 2 aromatic heterocycles. The second-order valence-corrected chi connectivity index (χ2v) is 7.16. The predicted octanol–water partition coefficient (Wildman–Crippen LogP) is 4.25. The molecule has 0 amide bonds. The number of para-hydroxylation sites is 1. The van der Waals surface area contributed by atoms with Crippen molar-refractivity contribution in [3.63, 3.8) is 0 Å². The molecular weight excluding hydrogens is 284 g/mol. The molecule has 2 N–H and O–H groups in total. The average Bonchev–Trinajstić information content (AvgIpc) is 3.06. The van der Waals surface area contributed by atoms with Crippen LogP contribution in [0.1, 0.15) is 22.7 Å². The van der Waals surface area contributed by atoms with Gasteiger partial charge in [-0.3, -0.25) is 0 Å². The Morgan fingerprint density at radius 1 is 1.15 bits per heavy atom. The zero-order chi connectivity index (χ0) is 13.8. The molecule has 0 spiro atoms. The first kappa shape index (κ1) is 13.7. The fraction of sp³-hybridized carbons (Fsp3) is 0.312. The lowest BCUT2D eigenvalue weighted by molar-refractivity contribution is 0.581. The van der Waals surface area contributed by atoms with E-state index in [1.165, 1.54) is 9.58 Å². The van der Waals surface area contributed by atoms with Gasteiger partial charge < -0.3 is 5.73 Å². The lowest BCUT2D eigenvalue weighted by atomic mass is 10.1. The molecule has 0 aliphatic carbocycles. The van der Waals surface area contributed by atoms with E-state index in [1.807, 2.05) is 17.4 Å². The molecule has 0 aliphatic heterocycles. The third-order valence-electron chi connectivity index (χ3n) is 3.35. The van der Waals surface area contributed by atoms with Gasteiger partial charge in [0.05, 0.1) is 15.2 Å². The molecular formula is C16H18N2S2. The molecule has 0 saturated carbocycles. The number of rotatable bonds is 6. The maximum Gasteiger partial charge on any atom is 0.0954 e. The van der Waals surface area contributed by atoms with Crippen molar-refractivity contribution in [1.82, 2.24) is 4.98 Å². The number of thiophene rings is 1. The Labute approximate surface area is 127 Å². The van der Waals surface area contributed by atoms with Gasteiger partial charge in [0.15, 0.2) is 0 Å². The van der Waals surface area contributed by atoms with Gasteiger partial charge in [0.1, 0.15) is 0 Å². The fourth-order valence-corrected chi connectivity index (χ4v) is 4.14. The van der Waals surface area contributed by atoms with Crippen LogP contribution in [0, 0.1) is 0 Å². The van der Waals surface area contributed by atoms with Crippen molar-refractivity contribution in [1.29, 1.82) is 0 Å². The molecule has 0 saturated heterocycles. The van der Waals surface area contributed by atoms with E-state index >= 15 is 0 Å². The SMILES string of the molecule is NC(CCCc1cccs1)Cc1nc2ccccc2s1. The van der Waals surface area contributed by atoms with Crippen molar-refractivity contribution in [3.05, 3.63) is 51.7 Å². The van der Waals surface area contributed by atoms with Gasteiger partial charge in [-0.15, -0.1) is 22.7 Å². The maximum atomic E-state index is 6.24. The number of nitrogens with two attached hydrogens (primary N) is 1. The predicted molar refractivity (Wildman–Crippen MR) is 88.6 cm³/mol. The molecule has 0 fully saturated rings. The first-order valence-electron chi connectivity index (χ1n) is 6.93. The first-order valence-corrected chi connectivity index (χ1v) is 8.63. The largest absolute Gasteiger partial charge is 0.327 e. The van der Waals surface area contributed by atoms with Gasteiger partial charge in [-0.25, -0.2) is 4.98 Å². The molecule has 1 atom stereocenters. The van der Waals surface area contributed by atoms with Crippen molar-refractivity contribution in [2.75, 3.05) is 0 Å². The molecule has 0 radical (unpaired) electrons. The van der Waals surface area contributed by atoms with Gasteiger partial charge in [-0.1, -0.05) is 18.2 Å². The third kappa shape index (κ3) is 3.45. The Hall–Kier alpha value is -1.23. The summed E-state index contributed by atoms with van der Waals surface area (Å²) in [5.74, 6) is 0. The number of thiazole rings is 1. The summed E-state index contributed by atoms with van der Waals surface area (Å²) in [6.07, 6.45) is 4.26. The van der Waals surface area contributed by atoms with E-state index in [9.17, 15) is 0 Å². The summed E-state index contributed by atoms with van der Waals surface area (Å²) in [7, 11) is 0. The number of aryl methyl sites for hydroxylation is 1. The maximum absolute atomic E-state index is 6.24. The standard InChI is InChI=1S/C16H18N2S2/c17-12(5-3-6-13-7-4-10-19-13)11-16-18-14-8-1-2-9-15(14)20-16/h1-2,4,7-10,12H,3,5-6,11,17H2. The number of hydrogen-bond acceptors (Lipinski definition) is 4. The molecule has 3 aromatic rings. The smallest absolute Gasteiger partial charge is 0.0954 e. The molecule has 0 aliphatic rings. The summed E-state index contributed by atoms with van der Waals surface area (Å²) in [5.41, 5.74) is 7.33. The highest BCUT2D eigenvalue weighted by Crippen LogP contribution is 2.23. The van der Waals surface area contributed by atoms with E-state index in [4.69, 9.17) is 5.73 Å². The Bertz CT molecular complexity index is 625. The molecule has 4 heteroatoms. The summed E-state index contributed by atoms with van der Waals surface area (Å²) < 4.78 is 1.26. The normalized spacial score (nSPS) is 12.8. The monoisotopic (exact) mass is 302 g/mol. The van der Waals surface area contributed by atoms with E-state index in [1.54, 1.807) is 11.3 Å². The highest BCUT2D eigenvalue weighted by atomic mass is 32.1. The van der Waals surface area contributed by atoms with Gasteiger partial charge in [0.25, 0.3) is 0 Å². The van der Waals surface area contributed by atoms with Gasteiger partial charge in [0.2, 0.25) is 0 Å². The molecule has 0 bridgehead atoms. The minimum absolute atomic E-state index is 0.218. The van der Waals surface area contributed by atoms with Crippen LogP contribution < -0.4 is 5.73 Å². The third-order valence-corrected chi connectivity index (χ3v) is 5.35. The van der Waals surface area contributed by atoms with Crippen LogP contribution in [0.2, 0.25) is 0 Å². The summed E-state index contributed by atoms with van der Waals surface area (Å²) >= 11 is 3.60. The summed E-state index contributed by atoms with van der Waals surface area (Å²) in [6, 6.07) is 12.8. The number of benzene rings is 1. The highest BCUT2D eigenvalue weighted by Gasteiger charge is 2.09. The van der Waals surface area contributed by atoms with Gasteiger partial charge in [-0.05, 0) is 42.8 Å². The minimum atomic E-state index is 0.218. The van der Waals surface area contributed by atoms with E-state index in [0.717, 1.165) is 36.2 Å².